The van der Waals surface area contributed by atoms with Crippen molar-refractivity contribution in [1.29, 1.82) is 0 Å². The smallest absolute Gasteiger partial charge is 0.411 e. The Hall–Kier alpha value is -1.30. The summed E-state index contributed by atoms with van der Waals surface area (Å²) in [5.41, 5.74) is 4.67. The van der Waals surface area contributed by atoms with Crippen LogP contribution in [0.25, 0.3) is 0 Å². The minimum atomic E-state index is -0.622. The Kier molecular flexibility index (Phi) is 3.74. The van der Waals surface area contributed by atoms with Crippen molar-refractivity contribution in [2.24, 2.45) is 5.73 Å². The highest BCUT2D eigenvalue weighted by atomic mass is 16.6. The van der Waals surface area contributed by atoms with Crippen molar-refractivity contribution in [3.63, 3.8) is 0 Å². The number of nitrogens with one attached hydrogen (secondary N) is 1. The van der Waals surface area contributed by atoms with Crippen molar-refractivity contribution in [3.05, 3.63) is 0 Å². The van der Waals surface area contributed by atoms with Gasteiger partial charge in [0.2, 0.25) is 5.91 Å². The van der Waals surface area contributed by atoms with Crippen LogP contribution in [0.3, 0.4) is 0 Å². The van der Waals surface area contributed by atoms with Crippen LogP contribution >= 0.6 is 0 Å². The van der Waals surface area contributed by atoms with E-state index in [1.54, 1.807) is 20.8 Å². The molecule has 1 rings (SSSR count). The van der Waals surface area contributed by atoms with Crippen molar-refractivity contribution >= 4 is 12.0 Å². The zero-order valence-corrected chi connectivity index (χ0v) is 9.95. The van der Waals surface area contributed by atoms with Gasteiger partial charge in [0.1, 0.15) is 11.6 Å². The molecule has 0 aromatic carbocycles. The first-order chi connectivity index (χ1) is 7.31. The van der Waals surface area contributed by atoms with Crippen LogP contribution in [-0.2, 0) is 9.53 Å². The van der Waals surface area contributed by atoms with E-state index < -0.39 is 23.6 Å². The SMILES string of the molecule is CC(C)(C)OC(=O)N1CCNCC1C(N)=O. The van der Waals surface area contributed by atoms with Gasteiger partial charge < -0.3 is 15.8 Å². The number of carbonyl (C=O) groups is 2. The first kappa shape index (κ1) is 12.8. The second-order valence-corrected chi connectivity index (χ2v) is 4.80. The molecule has 92 valence electrons. The van der Waals surface area contributed by atoms with Crippen LogP contribution in [0.4, 0.5) is 4.79 Å². The third-order valence-corrected chi connectivity index (χ3v) is 2.20. The van der Waals surface area contributed by atoms with E-state index in [4.69, 9.17) is 10.5 Å². The number of hydrogen-bond acceptors (Lipinski definition) is 4. The molecule has 0 spiro atoms. The second kappa shape index (κ2) is 4.69. The fourth-order valence-corrected chi connectivity index (χ4v) is 1.50. The van der Waals surface area contributed by atoms with Crippen LogP contribution in [0.15, 0.2) is 0 Å². The third-order valence-electron chi connectivity index (χ3n) is 2.20. The highest BCUT2D eigenvalue weighted by molar-refractivity contribution is 5.84. The zero-order chi connectivity index (χ0) is 12.3. The number of amides is 2. The van der Waals surface area contributed by atoms with Crippen LogP contribution < -0.4 is 11.1 Å². The molecule has 2 amide bonds. The Balaban J connectivity index is 2.68. The monoisotopic (exact) mass is 229 g/mol. The predicted molar refractivity (Wildman–Crippen MR) is 58.8 cm³/mol. The van der Waals surface area contributed by atoms with Crippen molar-refractivity contribution < 1.29 is 14.3 Å². The van der Waals surface area contributed by atoms with E-state index >= 15 is 0 Å². The van der Waals surface area contributed by atoms with Crippen molar-refractivity contribution in [1.82, 2.24) is 10.2 Å². The molecule has 1 unspecified atom stereocenters. The molecule has 0 aromatic heterocycles. The molecule has 6 nitrogen and oxygen atoms in total. The molecule has 0 aliphatic carbocycles. The maximum absolute atomic E-state index is 11.8. The summed E-state index contributed by atoms with van der Waals surface area (Å²) in [6.07, 6.45) is -0.488. The summed E-state index contributed by atoms with van der Waals surface area (Å²) in [5, 5.41) is 3.01. The molecule has 0 radical (unpaired) electrons. The van der Waals surface area contributed by atoms with E-state index in [1.165, 1.54) is 4.90 Å². The molecule has 16 heavy (non-hydrogen) atoms. The van der Waals surface area contributed by atoms with Gasteiger partial charge in [-0.1, -0.05) is 0 Å². The first-order valence-electron chi connectivity index (χ1n) is 5.31. The number of piperazine rings is 1. The second-order valence-electron chi connectivity index (χ2n) is 4.80. The highest BCUT2D eigenvalue weighted by Gasteiger charge is 2.33. The summed E-state index contributed by atoms with van der Waals surface area (Å²) in [6, 6.07) is -0.622. The molecule has 3 N–H and O–H groups in total. The minimum Gasteiger partial charge on any atom is -0.444 e. The largest absolute Gasteiger partial charge is 0.444 e. The van der Waals surface area contributed by atoms with E-state index in [0.29, 0.717) is 19.6 Å². The zero-order valence-electron chi connectivity index (χ0n) is 9.95. The maximum Gasteiger partial charge on any atom is 0.411 e. The Morgan fingerprint density at radius 1 is 1.44 bits per heavy atom. The molecule has 0 bridgehead atoms. The topological polar surface area (TPSA) is 84.7 Å². The standard InChI is InChI=1S/C10H19N3O3/c1-10(2,3)16-9(15)13-5-4-12-6-7(13)8(11)14/h7,12H,4-6H2,1-3H3,(H2,11,14). The molecule has 1 fully saturated rings. The predicted octanol–water partition coefficient (Wildman–Crippen LogP) is -0.319. The Labute approximate surface area is 95.1 Å². The summed E-state index contributed by atoms with van der Waals surface area (Å²) in [6.45, 7) is 6.81. The number of primary amides is 1. The van der Waals surface area contributed by atoms with Crippen LogP contribution in [-0.4, -0.2) is 48.2 Å². The molecule has 1 aliphatic rings. The van der Waals surface area contributed by atoms with Gasteiger partial charge in [-0.3, -0.25) is 9.69 Å². The maximum atomic E-state index is 11.8. The van der Waals surface area contributed by atoms with E-state index in [-0.39, 0.29) is 0 Å². The minimum absolute atomic E-state index is 0.384. The van der Waals surface area contributed by atoms with Gasteiger partial charge in [0.25, 0.3) is 0 Å². The lowest BCUT2D eigenvalue weighted by atomic mass is 10.2. The van der Waals surface area contributed by atoms with Gasteiger partial charge in [0, 0.05) is 19.6 Å². The molecular formula is C10H19N3O3. The van der Waals surface area contributed by atoms with Gasteiger partial charge in [0.05, 0.1) is 0 Å². The summed E-state index contributed by atoms with van der Waals surface area (Å²) >= 11 is 0. The van der Waals surface area contributed by atoms with Gasteiger partial charge in [0.15, 0.2) is 0 Å². The van der Waals surface area contributed by atoms with Gasteiger partial charge in [-0.15, -0.1) is 0 Å². The van der Waals surface area contributed by atoms with Crippen LogP contribution in [0.1, 0.15) is 20.8 Å². The lowest BCUT2D eigenvalue weighted by Gasteiger charge is -2.35. The normalized spacial score (nSPS) is 21.7. The molecule has 1 atom stereocenters. The van der Waals surface area contributed by atoms with Gasteiger partial charge in [-0.2, -0.15) is 0 Å². The fourth-order valence-electron chi connectivity index (χ4n) is 1.50. The van der Waals surface area contributed by atoms with Crippen molar-refractivity contribution in [3.8, 4) is 0 Å². The quantitative estimate of drug-likeness (QED) is 0.645. The van der Waals surface area contributed by atoms with Gasteiger partial charge in [-0.05, 0) is 20.8 Å². The fraction of sp³-hybridized carbons (Fsp3) is 0.800. The molecule has 0 aromatic rings. The Bertz CT molecular complexity index is 286. The molecule has 6 heteroatoms. The van der Waals surface area contributed by atoms with Gasteiger partial charge in [-0.25, -0.2) is 4.79 Å². The van der Waals surface area contributed by atoms with E-state index in [2.05, 4.69) is 5.32 Å². The van der Waals surface area contributed by atoms with Crippen molar-refractivity contribution in [2.75, 3.05) is 19.6 Å². The van der Waals surface area contributed by atoms with Crippen LogP contribution in [0, 0.1) is 0 Å². The third kappa shape index (κ3) is 3.37. The van der Waals surface area contributed by atoms with Gasteiger partial charge >= 0.3 is 6.09 Å². The summed E-state index contributed by atoms with van der Waals surface area (Å²) in [7, 11) is 0. The molecular weight excluding hydrogens is 210 g/mol. The molecule has 1 heterocycles. The van der Waals surface area contributed by atoms with E-state index in [0.717, 1.165) is 0 Å². The number of carbonyl (C=O) groups excluding carboxylic acids is 2. The first-order valence-corrected chi connectivity index (χ1v) is 5.31. The highest BCUT2D eigenvalue weighted by Crippen LogP contribution is 2.12. The molecule has 1 saturated heterocycles. The molecule has 0 saturated carbocycles. The number of nitrogens with zero attached hydrogens (tertiary/aromatic N) is 1. The van der Waals surface area contributed by atoms with Crippen LogP contribution in [0.2, 0.25) is 0 Å². The lowest BCUT2D eigenvalue weighted by molar-refractivity contribution is -0.123. The lowest BCUT2D eigenvalue weighted by Crippen LogP contribution is -2.59. The number of nitrogens with two attached hydrogens (primary N) is 1. The number of hydrogen-bond donors (Lipinski definition) is 2. The number of rotatable bonds is 1. The average Bonchev–Trinajstić information content (AvgIpc) is 2.15. The summed E-state index contributed by atoms with van der Waals surface area (Å²) < 4.78 is 5.21. The van der Waals surface area contributed by atoms with Crippen molar-refractivity contribution in [2.45, 2.75) is 32.4 Å². The Morgan fingerprint density at radius 3 is 2.56 bits per heavy atom. The van der Waals surface area contributed by atoms with Crippen LogP contribution in [0.5, 0.6) is 0 Å². The number of ether oxygens (including phenoxy) is 1. The molecule has 1 aliphatic heterocycles. The summed E-state index contributed by atoms with van der Waals surface area (Å²) in [4.78, 5) is 24.3. The summed E-state index contributed by atoms with van der Waals surface area (Å²) in [5.74, 6) is -0.516. The van der Waals surface area contributed by atoms with E-state index in [9.17, 15) is 9.59 Å². The average molecular weight is 229 g/mol. The van der Waals surface area contributed by atoms with E-state index in [1.807, 2.05) is 0 Å². The Morgan fingerprint density at radius 2 is 2.06 bits per heavy atom.